The van der Waals surface area contributed by atoms with E-state index in [4.69, 9.17) is 0 Å². The van der Waals surface area contributed by atoms with Crippen LogP contribution in [-0.4, -0.2) is 62.7 Å². The molecule has 1 aliphatic rings. The third-order valence-corrected chi connectivity index (χ3v) is 3.73. The first-order valence-corrected chi connectivity index (χ1v) is 7.33. The lowest BCUT2D eigenvalue weighted by molar-refractivity contribution is 0.265. The van der Waals surface area contributed by atoms with Crippen LogP contribution in [0.1, 0.15) is 39.0 Å². The van der Waals surface area contributed by atoms with Crippen molar-refractivity contribution >= 4 is 0 Å². The van der Waals surface area contributed by atoms with Crippen LogP contribution >= 0.6 is 0 Å². The highest BCUT2D eigenvalue weighted by atomic mass is 15.2. The normalized spacial score (nSPS) is 21.5. The van der Waals surface area contributed by atoms with Gasteiger partial charge in [0, 0.05) is 12.6 Å². The fraction of sp³-hybridized carbons (Fsp3) is 1.00. The summed E-state index contributed by atoms with van der Waals surface area (Å²) in [5.41, 5.74) is 0. The fourth-order valence-electron chi connectivity index (χ4n) is 2.50. The van der Waals surface area contributed by atoms with E-state index in [0.717, 1.165) is 6.04 Å². The maximum atomic E-state index is 3.47. The van der Waals surface area contributed by atoms with Crippen molar-refractivity contribution < 1.29 is 0 Å². The molecule has 3 heteroatoms. The van der Waals surface area contributed by atoms with Crippen molar-refractivity contribution in [2.24, 2.45) is 0 Å². The van der Waals surface area contributed by atoms with Gasteiger partial charge in [0.15, 0.2) is 0 Å². The molecule has 17 heavy (non-hydrogen) atoms. The van der Waals surface area contributed by atoms with Crippen LogP contribution in [-0.2, 0) is 0 Å². The van der Waals surface area contributed by atoms with Crippen LogP contribution < -0.4 is 5.32 Å². The van der Waals surface area contributed by atoms with E-state index >= 15 is 0 Å². The minimum Gasteiger partial charge on any atom is -0.317 e. The van der Waals surface area contributed by atoms with E-state index in [1.165, 1.54) is 64.8 Å². The summed E-state index contributed by atoms with van der Waals surface area (Å²) in [5.74, 6) is 0. The molecule has 1 atom stereocenters. The average Bonchev–Trinajstić information content (AvgIpc) is 2.77. The Kier molecular flexibility index (Phi) is 7.82. The minimum atomic E-state index is 0.793. The Morgan fingerprint density at radius 2 is 2.00 bits per heavy atom. The molecule has 102 valence electrons. The molecule has 0 spiro atoms. The second kappa shape index (κ2) is 8.90. The van der Waals surface area contributed by atoms with Gasteiger partial charge in [0.05, 0.1) is 0 Å². The van der Waals surface area contributed by atoms with E-state index in [0.29, 0.717) is 0 Å². The number of nitrogens with one attached hydrogen (secondary N) is 1. The van der Waals surface area contributed by atoms with E-state index in [1.807, 2.05) is 0 Å². The van der Waals surface area contributed by atoms with Crippen molar-refractivity contribution in [1.29, 1.82) is 0 Å². The first-order valence-electron chi connectivity index (χ1n) is 7.33. The van der Waals surface area contributed by atoms with Gasteiger partial charge in [-0.15, -0.1) is 0 Å². The first-order chi connectivity index (χ1) is 8.24. The Labute approximate surface area is 108 Å². The predicted molar refractivity (Wildman–Crippen MR) is 75.5 cm³/mol. The van der Waals surface area contributed by atoms with Crippen LogP contribution in [0.25, 0.3) is 0 Å². The summed E-state index contributed by atoms with van der Waals surface area (Å²) >= 11 is 0. The third-order valence-electron chi connectivity index (χ3n) is 3.73. The Balaban J connectivity index is 1.90. The molecule has 0 aliphatic carbocycles. The van der Waals surface area contributed by atoms with Gasteiger partial charge in [-0.1, -0.05) is 13.3 Å². The van der Waals surface area contributed by atoms with Crippen LogP contribution in [0.2, 0.25) is 0 Å². The Hall–Kier alpha value is -0.120. The largest absolute Gasteiger partial charge is 0.317 e. The molecular weight excluding hydrogens is 210 g/mol. The van der Waals surface area contributed by atoms with Gasteiger partial charge < -0.3 is 15.1 Å². The van der Waals surface area contributed by atoms with Gasteiger partial charge in [0.1, 0.15) is 0 Å². The van der Waals surface area contributed by atoms with Crippen LogP contribution in [0.15, 0.2) is 0 Å². The zero-order valence-electron chi connectivity index (χ0n) is 12.0. The van der Waals surface area contributed by atoms with Crippen LogP contribution in [0.3, 0.4) is 0 Å². The summed E-state index contributed by atoms with van der Waals surface area (Å²) in [6.45, 7) is 8.49. The monoisotopic (exact) mass is 241 g/mol. The smallest absolute Gasteiger partial charge is 0.0229 e. The highest BCUT2D eigenvalue weighted by molar-refractivity contribution is 4.80. The van der Waals surface area contributed by atoms with Crippen molar-refractivity contribution in [3.63, 3.8) is 0 Å². The Bertz CT molecular complexity index is 182. The van der Waals surface area contributed by atoms with Gasteiger partial charge in [-0.3, -0.25) is 0 Å². The summed E-state index contributed by atoms with van der Waals surface area (Å²) in [7, 11) is 4.40. The average molecular weight is 241 g/mol. The number of nitrogens with zero attached hydrogens (tertiary/aromatic N) is 2. The molecule has 0 amide bonds. The fourth-order valence-corrected chi connectivity index (χ4v) is 2.50. The van der Waals surface area contributed by atoms with Crippen molar-refractivity contribution in [1.82, 2.24) is 15.1 Å². The number of hydrogen-bond acceptors (Lipinski definition) is 3. The molecule has 0 aromatic rings. The van der Waals surface area contributed by atoms with Gasteiger partial charge in [0.25, 0.3) is 0 Å². The molecule has 1 rings (SSSR count). The molecule has 0 radical (unpaired) electrons. The van der Waals surface area contributed by atoms with E-state index < -0.39 is 0 Å². The van der Waals surface area contributed by atoms with Crippen molar-refractivity contribution in [3.05, 3.63) is 0 Å². The maximum absolute atomic E-state index is 3.47. The van der Waals surface area contributed by atoms with Gasteiger partial charge >= 0.3 is 0 Å². The number of rotatable bonds is 9. The molecule has 0 bridgehead atoms. The summed E-state index contributed by atoms with van der Waals surface area (Å²) in [6, 6.07) is 0.793. The molecule has 0 aromatic heterocycles. The van der Waals surface area contributed by atoms with Crippen molar-refractivity contribution in [2.75, 3.05) is 46.8 Å². The minimum absolute atomic E-state index is 0.793. The van der Waals surface area contributed by atoms with Gasteiger partial charge in [-0.05, 0) is 66.0 Å². The number of hydrogen-bond donors (Lipinski definition) is 1. The second-order valence-electron chi connectivity index (χ2n) is 5.52. The molecular formula is C14H31N3. The van der Waals surface area contributed by atoms with E-state index in [9.17, 15) is 0 Å². The predicted octanol–water partition coefficient (Wildman–Crippen LogP) is 1.79. The molecule has 1 saturated heterocycles. The molecule has 1 aliphatic heterocycles. The molecule has 1 fully saturated rings. The lowest BCUT2D eigenvalue weighted by Gasteiger charge is -2.20. The summed E-state index contributed by atoms with van der Waals surface area (Å²) in [6.07, 6.45) is 6.68. The van der Waals surface area contributed by atoms with Crippen molar-refractivity contribution in [3.8, 4) is 0 Å². The number of likely N-dealkylation sites (tertiary alicyclic amines) is 1. The highest BCUT2D eigenvalue weighted by Gasteiger charge is 2.22. The first kappa shape index (κ1) is 14.9. The Morgan fingerprint density at radius 1 is 1.18 bits per heavy atom. The van der Waals surface area contributed by atoms with E-state index in [1.54, 1.807) is 0 Å². The molecule has 1 unspecified atom stereocenters. The molecule has 0 saturated carbocycles. The van der Waals surface area contributed by atoms with Gasteiger partial charge in [-0.25, -0.2) is 0 Å². The lowest BCUT2D eigenvalue weighted by atomic mass is 10.2. The Morgan fingerprint density at radius 3 is 2.65 bits per heavy atom. The highest BCUT2D eigenvalue weighted by Crippen LogP contribution is 2.13. The standard InChI is InChI=1S/C14H31N3/c1-4-9-15-10-6-5-7-11-17-12-8-14(13-17)16(2)3/h14-15H,4-13H2,1-3H3. The molecule has 1 heterocycles. The summed E-state index contributed by atoms with van der Waals surface area (Å²) in [5, 5.41) is 3.47. The van der Waals surface area contributed by atoms with E-state index in [-0.39, 0.29) is 0 Å². The van der Waals surface area contributed by atoms with Crippen LogP contribution in [0.5, 0.6) is 0 Å². The number of likely N-dealkylation sites (N-methyl/N-ethyl adjacent to an activating group) is 1. The quantitative estimate of drug-likeness (QED) is 0.621. The molecule has 1 N–H and O–H groups in total. The van der Waals surface area contributed by atoms with Gasteiger partial charge in [0.2, 0.25) is 0 Å². The zero-order valence-corrected chi connectivity index (χ0v) is 12.0. The zero-order chi connectivity index (χ0) is 12.5. The topological polar surface area (TPSA) is 18.5 Å². The third kappa shape index (κ3) is 6.39. The summed E-state index contributed by atoms with van der Waals surface area (Å²) in [4.78, 5) is 5.00. The van der Waals surface area contributed by atoms with Crippen LogP contribution in [0, 0.1) is 0 Å². The lowest BCUT2D eigenvalue weighted by Crippen LogP contribution is -2.31. The maximum Gasteiger partial charge on any atom is 0.0229 e. The number of unbranched alkanes of at least 4 members (excludes halogenated alkanes) is 2. The van der Waals surface area contributed by atoms with Gasteiger partial charge in [-0.2, -0.15) is 0 Å². The molecule has 3 nitrogen and oxygen atoms in total. The summed E-state index contributed by atoms with van der Waals surface area (Å²) < 4.78 is 0. The van der Waals surface area contributed by atoms with E-state index in [2.05, 4.69) is 36.1 Å². The SMILES string of the molecule is CCCNCCCCCN1CCC(N(C)C)C1. The second-order valence-corrected chi connectivity index (χ2v) is 5.52. The van der Waals surface area contributed by atoms with Crippen molar-refractivity contribution in [2.45, 2.75) is 45.1 Å². The molecule has 0 aromatic carbocycles. The van der Waals surface area contributed by atoms with Crippen LogP contribution in [0.4, 0.5) is 0 Å².